The van der Waals surface area contributed by atoms with Crippen LogP contribution in [0.15, 0.2) is 24.3 Å². The summed E-state index contributed by atoms with van der Waals surface area (Å²) < 4.78 is 0. The smallest absolute Gasteiger partial charge is 0.0624 e. The first-order valence-corrected chi connectivity index (χ1v) is 5.23. The van der Waals surface area contributed by atoms with Crippen molar-refractivity contribution in [2.75, 3.05) is 0 Å². The molecule has 72 valence electrons. The van der Waals surface area contributed by atoms with Gasteiger partial charge in [-0.1, -0.05) is 29.8 Å². The van der Waals surface area contributed by atoms with Crippen LogP contribution >= 0.6 is 0 Å². The summed E-state index contributed by atoms with van der Waals surface area (Å²) in [4.78, 5) is 0. The zero-order valence-electron chi connectivity index (χ0n) is 8.53. The zero-order valence-corrected chi connectivity index (χ0v) is 8.53. The highest BCUT2D eigenvalue weighted by Crippen LogP contribution is 2.42. The first-order chi connectivity index (χ1) is 6.79. The molecule has 2 rings (SSSR count). The molecule has 1 aliphatic rings. The summed E-state index contributed by atoms with van der Waals surface area (Å²) in [6.45, 7) is 2.11. The maximum Gasteiger partial charge on any atom is 0.0624 e. The summed E-state index contributed by atoms with van der Waals surface area (Å²) in [5.41, 5.74) is 2.77. The molecule has 1 heteroatoms. The standard InChI is InChI=1S/C13H15N/c1-10-2-4-12(5-3-10)13-8-11(9-13)6-7-14/h2-5,11,13H,6,8-9H2,1H3. The van der Waals surface area contributed by atoms with Crippen LogP contribution in [-0.4, -0.2) is 0 Å². The summed E-state index contributed by atoms with van der Waals surface area (Å²) in [7, 11) is 0. The molecule has 0 unspecified atom stereocenters. The second-order valence-electron chi connectivity index (χ2n) is 4.31. The zero-order chi connectivity index (χ0) is 9.97. The molecule has 1 fully saturated rings. The second-order valence-corrected chi connectivity index (χ2v) is 4.31. The van der Waals surface area contributed by atoms with Crippen molar-refractivity contribution in [1.29, 1.82) is 5.26 Å². The fourth-order valence-corrected chi connectivity index (χ4v) is 2.14. The van der Waals surface area contributed by atoms with E-state index in [-0.39, 0.29) is 0 Å². The van der Waals surface area contributed by atoms with Crippen LogP contribution in [0.25, 0.3) is 0 Å². The molecule has 0 aromatic heterocycles. The average molecular weight is 185 g/mol. The first kappa shape index (κ1) is 9.27. The Morgan fingerprint density at radius 3 is 2.50 bits per heavy atom. The lowest BCUT2D eigenvalue weighted by molar-refractivity contribution is 0.269. The predicted octanol–water partition coefficient (Wildman–Crippen LogP) is 3.40. The van der Waals surface area contributed by atoms with Crippen LogP contribution in [0, 0.1) is 24.2 Å². The largest absolute Gasteiger partial charge is 0.198 e. The number of hydrogen-bond donors (Lipinski definition) is 0. The van der Waals surface area contributed by atoms with Gasteiger partial charge in [-0.25, -0.2) is 0 Å². The van der Waals surface area contributed by atoms with Crippen LogP contribution in [0.4, 0.5) is 0 Å². The van der Waals surface area contributed by atoms with Gasteiger partial charge in [-0.15, -0.1) is 0 Å². The van der Waals surface area contributed by atoms with Gasteiger partial charge in [0.25, 0.3) is 0 Å². The maximum atomic E-state index is 8.54. The summed E-state index contributed by atoms with van der Waals surface area (Å²) in [5.74, 6) is 1.38. The lowest BCUT2D eigenvalue weighted by atomic mass is 9.70. The Morgan fingerprint density at radius 1 is 1.29 bits per heavy atom. The van der Waals surface area contributed by atoms with Crippen molar-refractivity contribution in [2.45, 2.75) is 32.1 Å². The minimum Gasteiger partial charge on any atom is -0.198 e. The SMILES string of the molecule is Cc1ccc(C2CC(CC#N)C2)cc1. The molecule has 0 bridgehead atoms. The van der Waals surface area contributed by atoms with Crippen molar-refractivity contribution in [3.05, 3.63) is 35.4 Å². The Hall–Kier alpha value is -1.29. The Morgan fingerprint density at radius 2 is 1.93 bits per heavy atom. The molecule has 1 aromatic carbocycles. The van der Waals surface area contributed by atoms with Gasteiger partial charge in [-0.05, 0) is 37.2 Å². The van der Waals surface area contributed by atoms with Crippen molar-refractivity contribution in [2.24, 2.45) is 5.92 Å². The van der Waals surface area contributed by atoms with E-state index in [1.54, 1.807) is 0 Å². The van der Waals surface area contributed by atoms with Crippen molar-refractivity contribution in [3.8, 4) is 6.07 Å². The molecule has 0 heterocycles. The molecule has 0 N–H and O–H groups in total. The average Bonchev–Trinajstić information content (AvgIpc) is 2.13. The molecule has 0 atom stereocenters. The minimum atomic E-state index is 0.659. The van der Waals surface area contributed by atoms with Gasteiger partial charge in [0.05, 0.1) is 6.07 Å². The van der Waals surface area contributed by atoms with Crippen LogP contribution in [0.2, 0.25) is 0 Å². The third-order valence-electron chi connectivity index (χ3n) is 3.16. The number of nitriles is 1. The normalized spacial score (nSPS) is 25.1. The van der Waals surface area contributed by atoms with Crippen molar-refractivity contribution >= 4 is 0 Å². The molecule has 1 saturated carbocycles. The fraction of sp³-hybridized carbons (Fsp3) is 0.462. The quantitative estimate of drug-likeness (QED) is 0.692. The summed E-state index contributed by atoms with van der Waals surface area (Å²) in [5, 5.41) is 8.54. The highest BCUT2D eigenvalue weighted by atomic mass is 14.4. The minimum absolute atomic E-state index is 0.659. The van der Waals surface area contributed by atoms with E-state index < -0.39 is 0 Å². The van der Waals surface area contributed by atoms with E-state index in [1.807, 2.05) is 0 Å². The van der Waals surface area contributed by atoms with Crippen LogP contribution < -0.4 is 0 Å². The van der Waals surface area contributed by atoms with Crippen molar-refractivity contribution < 1.29 is 0 Å². The molecule has 0 aliphatic heterocycles. The number of rotatable bonds is 2. The lowest BCUT2D eigenvalue weighted by Gasteiger charge is -2.34. The highest BCUT2D eigenvalue weighted by Gasteiger charge is 2.29. The second kappa shape index (κ2) is 3.84. The molecule has 0 saturated heterocycles. The molecule has 0 radical (unpaired) electrons. The van der Waals surface area contributed by atoms with E-state index in [0.717, 1.165) is 6.42 Å². The summed E-state index contributed by atoms with van der Waals surface area (Å²) in [6, 6.07) is 11.0. The Bertz CT molecular complexity index is 338. The van der Waals surface area contributed by atoms with Gasteiger partial charge in [0.2, 0.25) is 0 Å². The molecular weight excluding hydrogens is 170 g/mol. The Kier molecular flexibility index (Phi) is 2.54. The molecule has 14 heavy (non-hydrogen) atoms. The van der Waals surface area contributed by atoms with Crippen LogP contribution in [0.3, 0.4) is 0 Å². The van der Waals surface area contributed by atoms with Crippen molar-refractivity contribution in [1.82, 2.24) is 0 Å². The monoisotopic (exact) mass is 185 g/mol. The molecule has 0 spiro atoms. The van der Waals surface area contributed by atoms with E-state index in [0.29, 0.717) is 11.8 Å². The van der Waals surface area contributed by atoms with E-state index in [2.05, 4.69) is 37.3 Å². The molecule has 1 nitrogen and oxygen atoms in total. The third-order valence-corrected chi connectivity index (χ3v) is 3.16. The van der Waals surface area contributed by atoms with Crippen LogP contribution in [0.5, 0.6) is 0 Å². The van der Waals surface area contributed by atoms with E-state index in [4.69, 9.17) is 5.26 Å². The Labute approximate surface area is 85.4 Å². The first-order valence-electron chi connectivity index (χ1n) is 5.23. The maximum absolute atomic E-state index is 8.54. The predicted molar refractivity (Wildman–Crippen MR) is 56.9 cm³/mol. The van der Waals surface area contributed by atoms with Gasteiger partial charge in [-0.2, -0.15) is 5.26 Å². The van der Waals surface area contributed by atoms with E-state index >= 15 is 0 Å². The molecule has 1 aliphatic carbocycles. The summed E-state index contributed by atoms with van der Waals surface area (Å²) in [6.07, 6.45) is 3.15. The Balaban J connectivity index is 1.94. The van der Waals surface area contributed by atoms with Gasteiger partial charge >= 0.3 is 0 Å². The number of aryl methyl sites for hydroxylation is 1. The third kappa shape index (κ3) is 1.80. The topological polar surface area (TPSA) is 23.8 Å². The summed E-state index contributed by atoms with van der Waals surface area (Å²) >= 11 is 0. The van der Waals surface area contributed by atoms with Gasteiger partial charge in [0.15, 0.2) is 0 Å². The number of hydrogen-bond acceptors (Lipinski definition) is 1. The van der Waals surface area contributed by atoms with Crippen LogP contribution in [0.1, 0.15) is 36.3 Å². The highest BCUT2D eigenvalue weighted by molar-refractivity contribution is 5.26. The molecular formula is C13H15N. The molecule has 0 amide bonds. The number of nitrogens with zero attached hydrogens (tertiary/aromatic N) is 1. The van der Waals surface area contributed by atoms with Crippen LogP contribution in [-0.2, 0) is 0 Å². The van der Waals surface area contributed by atoms with E-state index in [9.17, 15) is 0 Å². The van der Waals surface area contributed by atoms with Gasteiger partial charge in [-0.3, -0.25) is 0 Å². The lowest BCUT2D eigenvalue weighted by Crippen LogP contribution is -2.21. The number of benzene rings is 1. The van der Waals surface area contributed by atoms with Gasteiger partial charge < -0.3 is 0 Å². The molecule has 1 aromatic rings. The van der Waals surface area contributed by atoms with Gasteiger partial charge in [0.1, 0.15) is 0 Å². The fourth-order valence-electron chi connectivity index (χ4n) is 2.14. The van der Waals surface area contributed by atoms with Crippen molar-refractivity contribution in [3.63, 3.8) is 0 Å². The van der Waals surface area contributed by atoms with E-state index in [1.165, 1.54) is 24.0 Å². The van der Waals surface area contributed by atoms with Gasteiger partial charge in [0, 0.05) is 6.42 Å².